The third kappa shape index (κ3) is 3.42. The minimum atomic E-state index is -0.638. The number of hydrogen-bond acceptors (Lipinski definition) is 2. The van der Waals surface area contributed by atoms with Crippen molar-refractivity contribution in [1.82, 2.24) is 5.32 Å². The highest BCUT2D eigenvalue weighted by molar-refractivity contribution is 5.82. The molecule has 0 bridgehead atoms. The van der Waals surface area contributed by atoms with E-state index in [1.807, 2.05) is 7.05 Å². The van der Waals surface area contributed by atoms with E-state index >= 15 is 0 Å². The van der Waals surface area contributed by atoms with Crippen LogP contribution in [0.15, 0.2) is 18.2 Å². The predicted octanol–water partition coefficient (Wildman–Crippen LogP) is 3.39. The van der Waals surface area contributed by atoms with Crippen LogP contribution in [0.25, 0.3) is 0 Å². The second-order valence-corrected chi connectivity index (χ2v) is 5.68. The Labute approximate surface area is 118 Å². The molecule has 0 amide bonds. The molecule has 0 aliphatic heterocycles. The summed E-state index contributed by atoms with van der Waals surface area (Å²) in [5.41, 5.74) is -0.295. The van der Waals surface area contributed by atoms with Crippen molar-refractivity contribution in [2.75, 3.05) is 7.05 Å². The fraction of sp³-hybridized carbons (Fsp3) is 0.562. The van der Waals surface area contributed by atoms with Gasteiger partial charge in [-0.3, -0.25) is 4.79 Å². The molecule has 0 unspecified atom stereocenters. The fourth-order valence-corrected chi connectivity index (χ4v) is 3.08. The Kier molecular flexibility index (Phi) is 4.86. The van der Waals surface area contributed by atoms with Gasteiger partial charge in [0.05, 0.1) is 0 Å². The molecule has 1 aromatic carbocycles. The topological polar surface area (TPSA) is 29.1 Å². The zero-order chi connectivity index (χ0) is 14.6. The first kappa shape index (κ1) is 15.1. The monoisotopic (exact) mass is 281 g/mol. The molecule has 0 radical (unpaired) electrons. The van der Waals surface area contributed by atoms with Gasteiger partial charge in [0.1, 0.15) is 17.4 Å². The number of rotatable bonds is 5. The second-order valence-electron chi connectivity index (χ2n) is 5.68. The van der Waals surface area contributed by atoms with Crippen LogP contribution in [-0.4, -0.2) is 18.4 Å². The number of ketones is 1. The van der Waals surface area contributed by atoms with Crippen molar-refractivity contribution in [3.8, 4) is 0 Å². The van der Waals surface area contributed by atoms with Crippen molar-refractivity contribution in [2.45, 2.75) is 50.5 Å². The minimum absolute atomic E-state index is 0.106. The van der Waals surface area contributed by atoms with Gasteiger partial charge < -0.3 is 5.32 Å². The Hall–Kier alpha value is -1.29. The summed E-state index contributed by atoms with van der Waals surface area (Å²) in [5.74, 6) is -1.38. The number of nitrogens with one attached hydrogen (secondary N) is 1. The van der Waals surface area contributed by atoms with E-state index in [2.05, 4.69) is 5.32 Å². The summed E-state index contributed by atoms with van der Waals surface area (Å²) in [4.78, 5) is 12.2. The van der Waals surface area contributed by atoms with E-state index in [9.17, 15) is 13.6 Å². The van der Waals surface area contributed by atoms with Crippen LogP contribution >= 0.6 is 0 Å². The number of carbonyl (C=O) groups is 1. The van der Waals surface area contributed by atoms with Crippen molar-refractivity contribution in [3.63, 3.8) is 0 Å². The van der Waals surface area contributed by atoms with E-state index in [4.69, 9.17) is 0 Å². The van der Waals surface area contributed by atoms with Crippen molar-refractivity contribution in [1.29, 1.82) is 0 Å². The average Bonchev–Trinajstić information content (AvgIpc) is 2.44. The second kappa shape index (κ2) is 6.44. The molecule has 0 spiro atoms. The maximum absolute atomic E-state index is 13.6. The summed E-state index contributed by atoms with van der Waals surface area (Å²) in [6.45, 7) is 0. The van der Waals surface area contributed by atoms with Gasteiger partial charge in [-0.05, 0) is 32.0 Å². The van der Waals surface area contributed by atoms with Crippen molar-refractivity contribution in [3.05, 3.63) is 35.4 Å². The lowest BCUT2D eigenvalue weighted by atomic mass is 9.77. The number of carbonyl (C=O) groups excluding carboxylic acids is 1. The molecule has 20 heavy (non-hydrogen) atoms. The summed E-state index contributed by atoms with van der Waals surface area (Å²) in [6.07, 6.45) is 5.48. The highest BCUT2D eigenvalue weighted by Crippen LogP contribution is 2.31. The highest BCUT2D eigenvalue weighted by atomic mass is 19.1. The van der Waals surface area contributed by atoms with Crippen LogP contribution in [0.4, 0.5) is 8.78 Å². The van der Waals surface area contributed by atoms with E-state index in [-0.39, 0.29) is 23.3 Å². The summed E-state index contributed by atoms with van der Waals surface area (Å²) in [6, 6.07) is 3.70. The van der Waals surface area contributed by atoms with Crippen LogP contribution in [0.5, 0.6) is 0 Å². The van der Waals surface area contributed by atoms with Crippen LogP contribution in [0.2, 0.25) is 0 Å². The maximum atomic E-state index is 13.6. The fourth-order valence-electron chi connectivity index (χ4n) is 3.08. The van der Waals surface area contributed by atoms with Gasteiger partial charge in [-0.15, -0.1) is 0 Å². The van der Waals surface area contributed by atoms with Crippen LogP contribution < -0.4 is 5.32 Å². The first-order valence-corrected chi connectivity index (χ1v) is 7.20. The SMILES string of the molecule is CNC1(CC(=O)Cc2c(F)cccc2F)CCCCC1. The Bertz CT molecular complexity index is 461. The van der Waals surface area contributed by atoms with Gasteiger partial charge in [0, 0.05) is 23.9 Å². The Morgan fingerprint density at radius 3 is 2.35 bits per heavy atom. The van der Waals surface area contributed by atoms with E-state index < -0.39 is 11.6 Å². The molecular formula is C16H21F2NO. The van der Waals surface area contributed by atoms with Gasteiger partial charge >= 0.3 is 0 Å². The lowest BCUT2D eigenvalue weighted by Gasteiger charge is -2.36. The Balaban J connectivity index is 2.05. The standard InChI is InChI=1S/C16H21F2NO/c1-19-16(8-3-2-4-9-16)11-12(20)10-13-14(17)6-5-7-15(13)18/h5-7,19H,2-4,8-11H2,1H3. The van der Waals surface area contributed by atoms with E-state index in [1.54, 1.807) is 0 Å². The lowest BCUT2D eigenvalue weighted by Crippen LogP contribution is -2.46. The minimum Gasteiger partial charge on any atom is -0.314 e. The third-order valence-electron chi connectivity index (χ3n) is 4.31. The molecule has 1 fully saturated rings. The smallest absolute Gasteiger partial charge is 0.139 e. The van der Waals surface area contributed by atoms with Crippen LogP contribution in [0, 0.1) is 11.6 Å². The van der Waals surface area contributed by atoms with Crippen LogP contribution in [0.1, 0.15) is 44.1 Å². The first-order chi connectivity index (χ1) is 9.56. The van der Waals surface area contributed by atoms with Crippen molar-refractivity contribution in [2.24, 2.45) is 0 Å². The summed E-state index contributed by atoms with van der Waals surface area (Å²) < 4.78 is 27.1. The molecule has 1 aromatic rings. The van der Waals surface area contributed by atoms with Gasteiger partial charge in [-0.25, -0.2) is 8.78 Å². The number of benzene rings is 1. The van der Waals surface area contributed by atoms with E-state index in [1.165, 1.54) is 24.6 Å². The van der Waals surface area contributed by atoms with Gasteiger partial charge in [0.2, 0.25) is 0 Å². The van der Waals surface area contributed by atoms with Gasteiger partial charge in [0.25, 0.3) is 0 Å². The summed E-state index contributed by atoms with van der Waals surface area (Å²) in [7, 11) is 1.86. The molecule has 1 N–H and O–H groups in total. The largest absolute Gasteiger partial charge is 0.314 e. The molecule has 2 nitrogen and oxygen atoms in total. The molecule has 0 atom stereocenters. The molecule has 0 aromatic heterocycles. The molecule has 1 aliphatic rings. The molecule has 1 saturated carbocycles. The average molecular weight is 281 g/mol. The Morgan fingerprint density at radius 2 is 1.80 bits per heavy atom. The summed E-state index contributed by atoms with van der Waals surface area (Å²) in [5, 5.41) is 3.26. The maximum Gasteiger partial charge on any atom is 0.139 e. The molecule has 4 heteroatoms. The predicted molar refractivity (Wildman–Crippen MR) is 74.6 cm³/mol. The molecule has 110 valence electrons. The van der Waals surface area contributed by atoms with Crippen LogP contribution in [-0.2, 0) is 11.2 Å². The van der Waals surface area contributed by atoms with E-state index in [0.717, 1.165) is 25.7 Å². The zero-order valence-corrected chi connectivity index (χ0v) is 11.8. The number of halogens is 2. The number of hydrogen-bond donors (Lipinski definition) is 1. The Morgan fingerprint density at radius 1 is 1.20 bits per heavy atom. The van der Waals surface area contributed by atoms with Gasteiger partial charge in [0.15, 0.2) is 0 Å². The molecule has 1 aliphatic carbocycles. The molecule has 0 saturated heterocycles. The highest BCUT2D eigenvalue weighted by Gasteiger charge is 2.32. The van der Waals surface area contributed by atoms with E-state index in [0.29, 0.717) is 6.42 Å². The van der Waals surface area contributed by atoms with Gasteiger partial charge in [-0.1, -0.05) is 25.3 Å². The van der Waals surface area contributed by atoms with Crippen LogP contribution in [0.3, 0.4) is 0 Å². The third-order valence-corrected chi connectivity index (χ3v) is 4.31. The van der Waals surface area contributed by atoms with Crippen molar-refractivity contribution >= 4 is 5.78 Å². The quantitative estimate of drug-likeness (QED) is 0.896. The normalized spacial score (nSPS) is 17.9. The molecule has 0 heterocycles. The zero-order valence-electron chi connectivity index (χ0n) is 11.8. The molecule has 2 rings (SSSR count). The van der Waals surface area contributed by atoms with Gasteiger partial charge in [-0.2, -0.15) is 0 Å². The lowest BCUT2D eigenvalue weighted by molar-refractivity contribution is -0.120. The number of Topliss-reactive ketones (excluding diaryl/α,β-unsaturated/α-hetero) is 1. The van der Waals surface area contributed by atoms with Crippen molar-refractivity contribution < 1.29 is 13.6 Å². The summed E-state index contributed by atoms with van der Waals surface area (Å²) >= 11 is 0. The molecular weight excluding hydrogens is 260 g/mol. The first-order valence-electron chi connectivity index (χ1n) is 7.20.